The van der Waals surface area contributed by atoms with E-state index in [1.165, 1.54) is 0 Å². The molecular formula is C75H70O10. The first-order valence-electron chi connectivity index (χ1n) is 28.9. The predicted molar refractivity (Wildman–Crippen MR) is 331 cm³/mol. The van der Waals surface area contributed by atoms with Gasteiger partial charge in [0.1, 0.15) is 74.8 Å². The quantitative estimate of drug-likeness (QED) is 0.0748. The predicted octanol–water partition coefficient (Wildman–Crippen LogP) is 16.2. The van der Waals surface area contributed by atoms with Crippen LogP contribution in [0.1, 0.15) is 79.0 Å². The summed E-state index contributed by atoms with van der Waals surface area (Å²) >= 11 is 0. The average molecular weight is 1130 g/mol. The molecule has 85 heavy (non-hydrogen) atoms. The number of aliphatic hydroxyl groups is 1. The zero-order valence-corrected chi connectivity index (χ0v) is 48.2. The maximum absolute atomic E-state index is 11.3. The van der Waals surface area contributed by atoms with Gasteiger partial charge in [-0.2, -0.15) is 0 Å². The smallest absolute Gasteiger partial charge is 0.162 e. The lowest BCUT2D eigenvalue weighted by Crippen LogP contribution is -2.32. The van der Waals surface area contributed by atoms with Crippen molar-refractivity contribution in [1.82, 2.24) is 0 Å². The highest BCUT2D eigenvalue weighted by Crippen LogP contribution is 2.45. The Morgan fingerprint density at radius 3 is 1.00 bits per heavy atom. The van der Waals surface area contributed by atoms with E-state index in [9.17, 15) is 5.11 Å². The van der Waals surface area contributed by atoms with Crippen molar-refractivity contribution < 1.29 is 47.7 Å². The summed E-state index contributed by atoms with van der Waals surface area (Å²) in [6.07, 6.45) is -0.804. The molecule has 0 aromatic heterocycles. The van der Waals surface area contributed by atoms with Gasteiger partial charge in [-0.3, -0.25) is 0 Å². The van der Waals surface area contributed by atoms with Gasteiger partial charge >= 0.3 is 0 Å². The maximum atomic E-state index is 11.3. The van der Waals surface area contributed by atoms with Crippen molar-refractivity contribution in [3.63, 3.8) is 0 Å². The van der Waals surface area contributed by atoms with Crippen molar-refractivity contribution in [2.75, 3.05) is 7.11 Å². The summed E-state index contributed by atoms with van der Waals surface area (Å²) in [5.41, 5.74) is 12.3. The van der Waals surface area contributed by atoms with E-state index in [0.717, 1.165) is 89.8 Å². The van der Waals surface area contributed by atoms with Crippen LogP contribution in [0.25, 0.3) is 0 Å². The fourth-order valence-corrected chi connectivity index (χ4v) is 10.5. The Morgan fingerprint density at radius 2 is 0.647 bits per heavy atom. The van der Waals surface area contributed by atoms with E-state index >= 15 is 0 Å². The standard InChI is InChI=1S/C38H36O5.C37H34O5/c1-27-20-34(41-25-29-14-8-4-9-15-29)32-23-37(39-2)38(43-35(32)21-27)31-18-19-33(40-24-28-12-6-3-7-13-28)36(22-31)42-26-30-16-10-5-11-17-30;1-26-19-34(40-24-28-13-7-3-8-14-28)31-22-32(38)37(42-35(31)20-26)30-17-18-33(39-23-27-11-5-2-6-12-27)36(21-30)41-25-29-15-9-4-10-16-29/h3-22,37-38H,23-26H2,1-2H3;2-21,32,37-38H,22-25H2,1H3/t37-,38-;32-,37-/m11/s1. The third-order valence-corrected chi connectivity index (χ3v) is 15.0. The molecule has 10 aromatic carbocycles. The second kappa shape index (κ2) is 28.2. The molecule has 2 aliphatic rings. The number of aliphatic hydroxyl groups excluding tert-OH is 1. The van der Waals surface area contributed by atoms with Crippen LogP contribution in [0, 0.1) is 13.8 Å². The molecule has 0 saturated carbocycles. The van der Waals surface area contributed by atoms with E-state index < -0.39 is 12.2 Å². The normalized spacial score (nSPS) is 15.7. The van der Waals surface area contributed by atoms with Gasteiger partial charge in [-0.25, -0.2) is 0 Å². The SMILES string of the molecule is CO[C@@H]1Cc2c(OCc3ccccc3)cc(C)cc2O[C@@H]1c1ccc(OCc2ccccc2)c(OCc2ccccc2)c1.Cc1cc(OCc2ccccc2)c2c(c1)O[C@H](c1ccc(OCc3ccccc3)c(OCc3ccccc3)c1)[C@H](O)C2. The van der Waals surface area contributed by atoms with Crippen molar-refractivity contribution in [2.24, 2.45) is 0 Å². The zero-order chi connectivity index (χ0) is 58.2. The number of rotatable bonds is 21. The molecular weight excluding hydrogens is 1060 g/mol. The molecule has 1 N–H and O–H groups in total. The second-order valence-electron chi connectivity index (χ2n) is 21.4. The Bertz CT molecular complexity index is 3710. The largest absolute Gasteiger partial charge is 0.488 e. The summed E-state index contributed by atoms with van der Waals surface area (Å²) in [6, 6.07) is 80.5. The van der Waals surface area contributed by atoms with E-state index in [1.54, 1.807) is 7.11 Å². The minimum Gasteiger partial charge on any atom is -0.488 e. The lowest BCUT2D eigenvalue weighted by atomic mass is 9.93. The van der Waals surface area contributed by atoms with E-state index in [4.69, 9.17) is 42.6 Å². The highest BCUT2D eigenvalue weighted by atomic mass is 16.5. The summed E-state index contributed by atoms with van der Waals surface area (Å²) in [7, 11) is 1.73. The summed E-state index contributed by atoms with van der Waals surface area (Å²) in [6.45, 7) is 6.70. The molecule has 12 rings (SSSR count). The van der Waals surface area contributed by atoms with Gasteiger partial charge in [-0.15, -0.1) is 0 Å². The van der Waals surface area contributed by atoms with Crippen LogP contribution in [0.4, 0.5) is 0 Å². The number of fused-ring (bicyclic) bond motifs is 2. The summed E-state index contributed by atoms with van der Waals surface area (Å²) in [5, 5.41) is 11.3. The molecule has 4 atom stereocenters. The van der Waals surface area contributed by atoms with Crippen molar-refractivity contribution in [2.45, 2.75) is 90.7 Å². The van der Waals surface area contributed by atoms with E-state index in [1.807, 2.05) is 201 Å². The van der Waals surface area contributed by atoms with Crippen LogP contribution < -0.4 is 37.9 Å². The minimum atomic E-state index is -0.766. The Hall–Kier alpha value is -9.48. The molecule has 2 heterocycles. The van der Waals surface area contributed by atoms with Crippen molar-refractivity contribution in [3.05, 3.63) is 309 Å². The number of ether oxygens (including phenoxy) is 9. The van der Waals surface area contributed by atoms with Gasteiger partial charge in [0, 0.05) is 31.1 Å². The number of methoxy groups -OCH3 is 1. The van der Waals surface area contributed by atoms with Gasteiger partial charge in [0.25, 0.3) is 0 Å². The molecule has 0 unspecified atom stereocenters. The lowest BCUT2D eigenvalue weighted by molar-refractivity contribution is -0.0123. The number of aryl methyl sites for hydroxylation is 2. The van der Waals surface area contributed by atoms with Gasteiger partial charge in [-0.05, 0) is 118 Å². The minimum absolute atomic E-state index is 0.215. The van der Waals surface area contributed by atoms with E-state index in [-0.39, 0.29) is 12.2 Å². The van der Waals surface area contributed by atoms with Crippen LogP contribution in [0.15, 0.2) is 243 Å². The number of hydrogen-bond donors (Lipinski definition) is 1. The van der Waals surface area contributed by atoms with Crippen molar-refractivity contribution >= 4 is 0 Å². The van der Waals surface area contributed by atoms with Gasteiger partial charge in [0.15, 0.2) is 29.1 Å². The molecule has 0 aliphatic carbocycles. The maximum Gasteiger partial charge on any atom is 0.162 e. The Labute approximate surface area is 498 Å². The zero-order valence-electron chi connectivity index (χ0n) is 48.2. The van der Waals surface area contributed by atoms with Crippen molar-refractivity contribution in [1.29, 1.82) is 0 Å². The number of benzene rings is 10. The molecule has 10 heteroatoms. The monoisotopic (exact) mass is 1130 g/mol. The highest BCUT2D eigenvalue weighted by Gasteiger charge is 2.35. The Balaban J connectivity index is 0.000000177. The van der Waals surface area contributed by atoms with Crippen LogP contribution >= 0.6 is 0 Å². The van der Waals surface area contributed by atoms with Crippen LogP contribution in [-0.4, -0.2) is 24.4 Å². The third kappa shape index (κ3) is 15.2. The molecule has 10 nitrogen and oxygen atoms in total. The average Bonchev–Trinajstić information content (AvgIpc) is 3.15. The molecule has 0 bridgehead atoms. The van der Waals surface area contributed by atoms with Crippen LogP contribution in [0.5, 0.6) is 46.0 Å². The first-order valence-corrected chi connectivity index (χ1v) is 28.9. The topological polar surface area (TPSA) is 103 Å². The van der Waals surface area contributed by atoms with Gasteiger partial charge in [0.2, 0.25) is 0 Å². The van der Waals surface area contributed by atoms with Crippen LogP contribution in [-0.2, 0) is 57.2 Å². The fourth-order valence-electron chi connectivity index (χ4n) is 10.5. The van der Waals surface area contributed by atoms with Crippen molar-refractivity contribution in [3.8, 4) is 46.0 Å². The summed E-state index contributed by atoms with van der Waals surface area (Å²) in [5.74, 6) is 5.70. The van der Waals surface area contributed by atoms with Gasteiger partial charge < -0.3 is 47.7 Å². The molecule has 430 valence electrons. The van der Waals surface area contributed by atoms with Gasteiger partial charge in [-0.1, -0.05) is 194 Å². The summed E-state index contributed by atoms with van der Waals surface area (Å²) < 4.78 is 56.7. The first-order chi connectivity index (χ1) is 41.8. The summed E-state index contributed by atoms with van der Waals surface area (Å²) in [4.78, 5) is 0. The fraction of sp³-hybridized carbons (Fsp3) is 0.200. The Morgan fingerprint density at radius 1 is 0.341 bits per heavy atom. The molecule has 0 amide bonds. The van der Waals surface area contributed by atoms with E-state index in [0.29, 0.717) is 75.5 Å². The molecule has 10 aromatic rings. The molecule has 2 aliphatic heterocycles. The Kier molecular flexibility index (Phi) is 19.0. The molecule has 0 spiro atoms. The van der Waals surface area contributed by atoms with Crippen LogP contribution in [0.2, 0.25) is 0 Å². The lowest BCUT2D eigenvalue weighted by Gasteiger charge is -2.34. The van der Waals surface area contributed by atoms with E-state index in [2.05, 4.69) is 55.5 Å². The van der Waals surface area contributed by atoms with Gasteiger partial charge in [0.05, 0.1) is 6.10 Å². The van der Waals surface area contributed by atoms with Crippen LogP contribution in [0.3, 0.4) is 0 Å². The third-order valence-electron chi connectivity index (χ3n) is 15.0. The second-order valence-corrected chi connectivity index (χ2v) is 21.4. The molecule has 0 saturated heterocycles. The molecule has 0 fully saturated rings. The molecule has 0 radical (unpaired) electrons. The highest BCUT2D eigenvalue weighted by molar-refractivity contribution is 5.53. The first kappa shape index (κ1) is 57.3. The number of hydrogen-bond acceptors (Lipinski definition) is 10.